The highest BCUT2D eigenvalue weighted by atomic mass is 31.2. The number of aliphatic hydroxyl groups is 1. The molecule has 0 unspecified atom stereocenters. The molecular formula is C9H11F2N2O8P. The molecule has 3 atom stereocenters. The van der Waals surface area contributed by atoms with E-state index in [1.807, 2.05) is 0 Å². The summed E-state index contributed by atoms with van der Waals surface area (Å²) < 4.78 is 46.7. The van der Waals surface area contributed by atoms with Crippen LogP contribution in [0.3, 0.4) is 0 Å². The molecule has 2 rings (SSSR count). The van der Waals surface area contributed by atoms with Crippen LogP contribution in [0.25, 0.3) is 0 Å². The Morgan fingerprint density at radius 3 is 2.64 bits per heavy atom. The summed E-state index contributed by atoms with van der Waals surface area (Å²) in [5.74, 6) is -3.60. The molecule has 0 radical (unpaired) electrons. The first-order valence-corrected chi connectivity index (χ1v) is 7.36. The zero-order valence-electron chi connectivity index (χ0n) is 10.7. The van der Waals surface area contributed by atoms with E-state index in [-0.39, 0.29) is 11.0 Å². The molecule has 1 fully saturated rings. The Balaban J connectivity index is 2.23. The number of aromatic nitrogens is 2. The fourth-order valence-electron chi connectivity index (χ4n) is 1.95. The van der Waals surface area contributed by atoms with Gasteiger partial charge in [-0.05, 0) is 0 Å². The highest BCUT2D eigenvalue weighted by Crippen LogP contribution is 2.38. The average molecular weight is 344 g/mol. The first-order chi connectivity index (χ1) is 10.1. The number of rotatable bonds is 4. The van der Waals surface area contributed by atoms with Crippen molar-refractivity contribution in [1.29, 1.82) is 0 Å². The second kappa shape index (κ2) is 5.99. The third-order valence-electron chi connectivity index (χ3n) is 2.93. The highest BCUT2D eigenvalue weighted by Gasteiger charge is 2.38. The van der Waals surface area contributed by atoms with Gasteiger partial charge in [-0.25, -0.2) is 13.9 Å². The predicted octanol–water partition coefficient (Wildman–Crippen LogP) is -1.43. The molecule has 0 aromatic carbocycles. The molecule has 1 aliphatic heterocycles. The number of ether oxygens (including phenoxy) is 1. The Bertz CT molecular complexity index is 727. The number of hydrogen-bond donors (Lipinski definition) is 4. The SMILES string of the molecule is O=c1[nH]c(=O)n([C@H]2C[C@H](O)[C@@H](COP(=O)(O)O)O2)c(F)c1F. The summed E-state index contributed by atoms with van der Waals surface area (Å²) in [5, 5.41) is 9.66. The van der Waals surface area contributed by atoms with E-state index >= 15 is 0 Å². The van der Waals surface area contributed by atoms with E-state index in [0.29, 0.717) is 0 Å². The molecule has 22 heavy (non-hydrogen) atoms. The van der Waals surface area contributed by atoms with Crippen molar-refractivity contribution in [3.8, 4) is 0 Å². The predicted molar refractivity (Wildman–Crippen MR) is 63.8 cm³/mol. The quantitative estimate of drug-likeness (QED) is 0.383. The largest absolute Gasteiger partial charge is 0.469 e. The lowest BCUT2D eigenvalue weighted by Crippen LogP contribution is -2.37. The molecule has 0 spiro atoms. The van der Waals surface area contributed by atoms with Gasteiger partial charge in [0, 0.05) is 6.42 Å². The molecule has 0 saturated carbocycles. The van der Waals surface area contributed by atoms with Crippen molar-refractivity contribution in [2.75, 3.05) is 6.61 Å². The second-order valence-corrected chi connectivity index (χ2v) is 5.69. The van der Waals surface area contributed by atoms with Gasteiger partial charge in [-0.1, -0.05) is 0 Å². The van der Waals surface area contributed by atoms with E-state index in [1.54, 1.807) is 0 Å². The van der Waals surface area contributed by atoms with Gasteiger partial charge in [0.2, 0.25) is 11.8 Å². The minimum absolute atomic E-state index is 0.150. The van der Waals surface area contributed by atoms with Crippen LogP contribution >= 0.6 is 7.82 Å². The summed E-state index contributed by atoms with van der Waals surface area (Å²) in [5.41, 5.74) is -2.84. The molecule has 13 heteroatoms. The number of phosphoric ester groups is 1. The van der Waals surface area contributed by atoms with E-state index in [9.17, 15) is 28.0 Å². The van der Waals surface area contributed by atoms with Gasteiger partial charge in [-0.15, -0.1) is 0 Å². The molecule has 0 bridgehead atoms. The van der Waals surface area contributed by atoms with E-state index in [4.69, 9.17) is 14.5 Å². The number of hydrogen-bond acceptors (Lipinski definition) is 6. The minimum Gasteiger partial charge on any atom is -0.390 e. The van der Waals surface area contributed by atoms with Crippen molar-refractivity contribution in [1.82, 2.24) is 9.55 Å². The molecule has 10 nitrogen and oxygen atoms in total. The zero-order valence-corrected chi connectivity index (χ0v) is 11.6. The minimum atomic E-state index is -4.81. The van der Waals surface area contributed by atoms with Gasteiger partial charge >= 0.3 is 13.5 Å². The standard InChI is InChI=1S/C9H11F2N2O8P/c10-6-7(11)13(9(16)12-8(6)15)5-1-3(14)4(21-5)2-20-22(17,18)19/h3-5,14H,1-2H2,(H,12,15,16)(H2,17,18,19)/t3-,4+,5+/m0/s1. The van der Waals surface area contributed by atoms with Crippen molar-refractivity contribution in [2.45, 2.75) is 24.9 Å². The summed E-state index contributed by atoms with van der Waals surface area (Å²) in [4.78, 5) is 41.0. The lowest BCUT2D eigenvalue weighted by molar-refractivity contribution is -0.0492. The van der Waals surface area contributed by atoms with E-state index in [1.165, 1.54) is 4.98 Å². The second-order valence-electron chi connectivity index (χ2n) is 4.45. The van der Waals surface area contributed by atoms with Crippen LogP contribution in [-0.2, 0) is 13.8 Å². The van der Waals surface area contributed by atoms with Crippen LogP contribution in [-0.4, -0.2) is 43.3 Å². The van der Waals surface area contributed by atoms with Crippen molar-refractivity contribution >= 4 is 7.82 Å². The molecule has 1 aromatic rings. The molecule has 2 heterocycles. The van der Waals surface area contributed by atoms with Crippen LogP contribution in [0.4, 0.5) is 8.78 Å². The Labute approximate surface area is 120 Å². The maximum Gasteiger partial charge on any atom is 0.469 e. The maximum atomic E-state index is 13.7. The number of aliphatic hydroxyl groups excluding tert-OH is 1. The smallest absolute Gasteiger partial charge is 0.390 e. The Kier molecular flexibility index (Phi) is 4.61. The van der Waals surface area contributed by atoms with Gasteiger partial charge in [-0.2, -0.15) is 8.78 Å². The van der Waals surface area contributed by atoms with E-state index in [2.05, 4.69) is 4.52 Å². The zero-order chi connectivity index (χ0) is 16.7. The summed E-state index contributed by atoms with van der Waals surface area (Å²) >= 11 is 0. The fraction of sp³-hybridized carbons (Fsp3) is 0.556. The topological polar surface area (TPSA) is 151 Å². The summed E-state index contributed by atoms with van der Waals surface area (Å²) in [6.45, 7) is -0.732. The molecule has 124 valence electrons. The van der Waals surface area contributed by atoms with Crippen molar-refractivity contribution in [3.05, 3.63) is 32.6 Å². The van der Waals surface area contributed by atoms with Gasteiger partial charge in [0.25, 0.3) is 5.56 Å². The molecule has 1 aliphatic rings. The van der Waals surface area contributed by atoms with E-state index < -0.39 is 55.9 Å². The van der Waals surface area contributed by atoms with Crippen LogP contribution < -0.4 is 11.2 Å². The average Bonchev–Trinajstić information content (AvgIpc) is 2.74. The van der Waals surface area contributed by atoms with Crippen LogP contribution in [0.1, 0.15) is 12.6 Å². The van der Waals surface area contributed by atoms with Crippen LogP contribution in [0.5, 0.6) is 0 Å². The monoisotopic (exact) mass is 344 g/mol. The Morgan fingerprint density at radius 2 is 2.05 bits per heavy atom. The molecule has 1 saturated heterocycles. The van der Waals surface area contributed by atoms with Crippen molar-refractivity contribution in [2.24, 2.45) is 0 Å². The van der Waals surface area contributed by atoms with Crippen LogP contribution in [0, 0.1) is 11.8 Å². The number of phosphoric acid groups is 1. The molecule has 4 N–H and O–H groups in total. The lowest BCUT2D eigenvalue weighted by atomic mass is 10.2. The third kappa shape index (κ3) is 3.48. The molecule has 1 aromatic heterocycles. The number of nitrogens with one attached hydrogen (secondary N) is 1. The van der Waals surface area contributed by atoms with Gasteiger partial charge in [0.05, 0.1) is 12.7 Å². The van der Waals surface area contributed by atoms with Crippen LogP contribution in [0.15, 0.2) is 9.59 Å². The van der Waals surface area contributed by atoms with Crippen molar-refractivity contribution < 1.29 is 37.5 Å². The molecule has 0 amide bonds. The first-order valence-electron chi connectivity index (χ1n) is 5.83. The first kappa shape index (κ1) is 16.9. The van der Waals surface area contributed by atoms with Gasteiger partial charge < -0.3 is 19.6 Å². The lowest BCUT2D eigenvalue weighted by Gasteiger charge is -2.16. The number of H-pyrrole nitrogens is 1. The van der Waals surface area contributed by atoms with Gasteiger partial charge in [0.1, 0.15) is 12.3 Å². The summed E-state index contributed by atoms with van der Waals surface area (Å²) in [6, 6.07) is 0. The number of halogens is 2. The number of nitrogens with zero attached hydrogens (tertiary/aromatic N) is 1. The van der Waals surface area contributed by atoms with Gasteiger partial charge in [0.15, 0.2) is 0 Å². The third-order valence-corrected chi connectivity index (χ3v) is 3.42. The molecule has 0 aliphatic carbocycles. The summed E-state index contributed by atoms with van der Waals surface area (Å²) in [6.07, 6.45) is -4.48. The van der Waals surface area contributed by atoms with E-state index in [0.717, 1.165) is 0 Å². The summed E-state index contributed by atoms with van der Waals surface area (Å²) in [7, 11) is -4.81. The normalized spacial score (nSPS) is 25.6. The highest BCUT2D eigenvalue weighted by molar-refractivity contribution is 7.46. The fourth-order valence-corrected chi connectivity index (χ4v) is 2.29. The Hall–Kier alpha value is -1.43. The van der Waals surface area contributed by atoms with Gasteiger partial charge in [-0.3, -0.25) is 14.3 Å². The van der Waals surface area contributed by atoms with Crippen LogP contribution in [0.2, 0.25) is 0 Å². The Morgan fingerprint density at radius 1 is 1.41 bits per heavy atom. The van der Waals surface area contributed by atoms with Crippen molar-refractivity contribution in [3.63, 3.8) is 0 Å². The maximum absolute atomic E-state index is 13.7. The molecular weight excluding hydrogens is 333 g/mol. The number of aromatic amines is 1.